The van der Waals surface area contributed by atoms with Crippen molar-refractivity contribution in [2.45, 2.75) is 97.1 Å². The molecule has 19 heavy (non-hydrogen) atoms. The average molecular weight is 271 g/mol. The lowest BCUT2D eigenvalue weighted by Gasteiger charge is -2.22. The lowest BCUT2D eigenvalue weighted by molar-refractivity contribution is -0.156. The van der Waals surface area contributed by atoms with Gasteiger partial charge in [0.05, 0.1) is 0 Å². The summed E-state index contributed by atoms with van der Waals surface area (Å²) in [6.07, 6.45) is 10.8. The molecule has 0 aromatic rings. The zero-order chi connectivity index (χ0) is 14.7. The molecule has 0 bridgehead atoms. The number of esters is 1. The predicted octanol–water partition coefficient (Wildman–Crippen LogP) is 4.19. The average Bonchev–Trinajstić information content (AvgIpc) is 2.30. The van der Waals surface area contributed by atoms with Gasteiger partial charge in [-0.1, -0.05) is 58.3 Å². The molecule has 0 aliphatic carbocycles. The van der Waals surface area contributed by atoms with E-state index in [-0.39, 0.29) is 5.97 Å². The van der Waals surface area contributed by atoms with Crippen LogP contribution in [-0.4, -0.2) is 17.6 Å². The summed E-state index contributed by atoms with van der Waals surface area (Å²) in [5.41, 5.74) is 5.39. The van der Waals surface area contributed by atoms with Gasteiger partial charge in [0.15, 0.2) is 0 Å². The van der Waals surface area contributed by atoms with Crippen LogP contribution in [0.4, 0.5) is 0 Å². The van der Waals surface area contributed by atoms with Crippen molar-refractivity contribution in [3.63, 3.8) is 0 Å². The molecular weight excluding hydrogens is 238 g/mol. The SMILES string of the molecule is CCCCCCCCCCC(N)C(=O)OC(C)(C)C. The van der Waals surface area contributed by atoms with Crippen LogP contribution in [0.3, 0.4) is 0 Å². The molecule has 0 aliphatic rings. The summed E-state index contributed by atoms with van der Waals surface area (Å²) >= 11 is 0. The number of ether oxygens (including phenoxy) is 1. The van der Waals surface area contributed by atoms with Crippen LogP contribution in [-0.2, 0) is 9.53 Å². The van der Waals surface area contributed by atoms with Crippen molar-refractivity contribution in [1.29, 1.82) is 0 Å². The Morgan fingerprint density at radius 1 is 1.00 bits per heavy atom. The molecule has 0 amide bonds. The molecule has 3 nitrogen and oxygen atoms in total. The predicted molar refractivity (Wildman–Crippen MR) is 81.0 cm³/mol. The van der Waals surface area contributed by atoms with Crippen LogP contribution >= 0.6 is 0 Å². The number of nitrogens with two attached hydrogens (primary N) is 1. The van der Waals surface area contributed by atoms with Crippen LogP contribution < -0.4 is 5.73 Å². The number of unbranched alkanes of at least 4 members (excludes halogenated alkanes) is 7. The lowest BCUT2D eigenvalue weighted by Crippen LogP contribution is -2.37. The molecule has 0 heterocycles. The van der Waals surface area contributed by atoms with Crippen molar-refractivity contribution >= 4 is 5.97 Å². The summed E-state index contributed by atoms with van der Waals surface area (Å²) in [5.74, 6) is -0.268. The van der Waals surface area contributed by atoms with Gasteiger partial charge in [-0.3, -0.25) is 4.79 Å². The summed E-state index contributed by atoms with van der Waals surface area (Å²) in [6.45, 7) is 7.84. The molecule has 0 aliphatic heterocycles. The number of hydrogen-bond acceptors (Lipinski definition) is 3. The van der Waals surface area contributed by atoms with Crippen molar-refractivity contribution < 1.29 is 9.53 Å². The minimum absolute atomic E-state index is 0.268. The summed E-state index contributed by atoms with van der Waals surface area (Å²) < 4.78 is 5.26. The topological polar surface area (TPSA) is 52.3 Å². The number of carbonyl (C=O) groups is 1. The highest BCUT2D eigenvalue weighted by Gasteiger charge is 2.21. The number of carbonyl (C=O) groups excluding carboxylic acids is 1. The van der Waals surface area contributed by atoms with E-state index in [0.29, 0.717) is 0 Å². The maximum atomic E-state index is 11.6. The molecule has 0 radical (unpaired) electrons. The molecule has 1 atom stereocenters. The van der Waals surface area contributed by atoms with E-state index in [4.69, 9.17) is 10.5 Å². The third-order valence-electron chi connectivity index (χ3n) is 3.08. The lowest BCUT2D eigenvalue weighted by atomic mass is 10.0. The van der Waals surface area contributed by atoms with Crippen LogP contribution in [0, 0.1) is 0 Å². The van der Waals surface area contributed by atoms with Gasteiger partial charge in [0.25, 0.3) is 0 Å². The highest BCUT2D eigenvalue weighted by atomic mass is 16.6. The molecule has 0 rings (SSSR count). The molecule has 0 aromatic heterocycles. The summed E-state index contributed by atoms with van der Waals surface area (Å²) in [5, 5.41) is 0. The number of rotatable bonds is 10. The van der Waals surface area contributed by atoms with Crippen molar-refractivity contribution in [2.24, 2.45) is 5.73 Å². The Morgan fingerprint density at radius 2 is 1.47 bits per heavy atom. The molecule has 3 heteroatoms. The molecule has 114 valence electrons. The van der Waals surface area contributed by atoms with Gasteiger partial charge < -0.3 is 10.5 Å². The fourth-order valence-corrected chi connectivity index (χ4v) is 1.99. The van der Waals surface area contributed by atoms with Gasteiger partial charge in [0, 0.05) is 0 Å². The zero-order valence-electron chi connectivity index (χ0n) is 13.3. The first-order valence-electron chi connectivity index (χ1n) is 7.85. The van der Waals surface area contributed by atoms with Gasteiger partial charge in [-0.15, -0.1) is 0 Å². The summed E-state index contributed by atoms with van der Waals surface area (Å²) in [6, 6.07) is -0.459. The van der Waals surface area contributed by atoms with Gasteiger partial charge in [-0.25, -0.2) is 0 Å². The molecule has 0 aromatic carbocycles. The highest BCUT2D eigenvalue weighted by Crippen LogP contribution is 2.12. The highest BCUT2D eigenvalue weighted by molar-refractivity contribution is 5.75. The first-order valence-corrected chi connectivity index (χ1v) is 7.85. The van der Waals surface area contributed by atoms with E-state index in [2.05, 4.69) is 6.92 Å². The second-order valence-corrected chi connectivity index (χ2v) is 6.40. The molecule has 0 fully saturated rings. The molecule has 0 spiro atoms. The van der Waals surface area contributed by atoms with Crippen LogP contribution in [0.1, 0.15) is 85.5 Å². The maximum absolute atomic E-state index is 11.6. The van der Waals surface area contributed by atoms with Crippen LogP contribution in [0.25, 0.3) is 0 Å². The van der Waals surface area contributed by atoms with E-state index < -0.39 is 11.6 Å². The Balaban J connectivity index is 3.48. The normalized spacial score (nSPS) is 13.3. The quantitative estimate of drug-likeness (QED) is 0.479. The molecular formula is C16H33NO2. The third-order valence-corrected chi connectivity index (χ3v) is 3.08. The van der Waals surface area contributed by atoms with Crippen LogP contribution in [0.2, 0.25) is 0 Å². The zero-order valence-corrected chi connectivity index (χ0v) is 13.3. The van der Waals surface area contributed by atoms with E-state index >= 15 is 0 Å². The fourth-order valence-electron chi connectivity index (χ4n) is 1.99. The fraction of sp³-hybridized carbons (Fsp3) is 0.938. The van der Waals surface area contributed by atoms with Gasteiger partial charge in [-0.2, -0.15) is 0 Å². The van der Waals surface area contributed by atoms with E-state index in [1.54, 1.807) is 0 Å². The van der Waals surface area contributed by atoms with Crippen molar-refractivity contribution in [1.82, 2.24) is 0 Å². The first-order chi connectivity index (χ1) is 8.87. The van der Waals surface area contributed by atoms with Gasteiger partial charge >= 0.3 is 5.97 Å². The Hall–Kier alpha value is -0.570. The number of hydrogen-bond donors (Lipinski definition) is 1. The first kappa shape index (κ1) is 18.4. The maximum Gasteiger partial charge on any atom is 0.323 e. The minimum Gasteiger partial charge on any atom is -0.459 e. The van der Waals surface area contributed by atoms with E-state index in [9.17, 15) is 4.79 Å². The Morgan fingerprint density at radius 3 is 1.95 bits per heavy atom. The van der Waals surface area contributed by atoms with Crippen molar-refractivity contribution in [3.05, 3.63) is 0 Å². The van der Waals surface area contributed by atoms with Gasteiger partial charge in [0.2, 0.25) is 0 Å². The monoisotopic (exact) mass is 271 g/mol. The van der Waals surface area contributed by atoms with Crippen molar-refractivity contribution in [3.8, 4) is 0 Å². The Kier molecular flexibility index (Phi) is 9.94. The largest absolute Gasteiger partial charge is 0.459 e. The smallest absolute Gasteiger partial charge is 0.323 e. The van der Waals surface area contributed by atoms with E-state index in [1.807, 2.05) is 20.8 Å². The minimum atomic E-state index is -0.459. The molecule has 2 N–H and O–H groups in total. The standard InChI is InChI=1S/C16H33NO2/c1-5-6-7-8-9-10-11-12-13-14(17)15(18)19-16(2,3)4/h14H,5-13,17H2,1-4H3. The van der Waals surface area contributed by atoms with E-state index in [1.165, 1.54) is 44.9 Å². The molecule has 0 saturated carbocycles. The second kappa shape index (κ2) is 10.2. The Labute approximate surface area is 119 Å². The van der Waals surface area contributed by atoms with Crippen molar-refractivity contribution in [2.75, 3.05) is 0 Å². The Bertz CT molecular complexity index is 233. The molecule has 0 saturated heterocycles. The third kappa shape index (κ3) is 12.2. The summed E-state index contributed by atoms with van der Waals surface area (Å²) in [7, 11) is 0. The van der Waals surface area contributed by atoms with E-state index in [0.717, 1.165) is 12.8 Å². The van der Waals surface area contributed by atoms with Crippen LogP contribution in [0.5, 0.6) is 0 Å². The summed E-state index contributed by atoms with van der Waals surface area (Å²) in [4.78, 5) is 11.6. The second-order valence-electron chi connectivity index (χ2n) is 6.40. The van der Waals surface area contributed by atoms with Gasteiger partial charge in [-0.05, 0) is 27.2 Å². The molecule has 1 unspecified atom stereocenters. The van der Waals surface area contributed by atoms with Gasteiger partial charge in [0.1, 0.15) is 11.6 Å². The van der Waals surface area contributed by atoms with Crippen LogP contribution in [0.15, 0.2) is 0 Å².